The third-order valence-electron chi connectivity index (χ3n) is 5.31. The van der Waals surface area contributed by atoms with E-state index in [2.05, 4.69) is 6.58 Å². The molecule has 3 aliphatic rings. The van der Waals surface area contributed by atoms with E-state index >= 15 is 0 Å². The second-order valence-corrected chi connectivity index (χ2v) is 6.37. The molecule has 0 bridgehead atoms. The Morgan fingerprint density at radius 1 is 1.47 bits per heavy atom. The molecule has 1 saturated heterocycles. The standard InChI is InChI=1S/C15H20O4/c1-7-6-10(16)13(17)15(3)5-4-9-8(2)14(18)19-12(9)11(7)15/h6,9-13,16-17H,2,4-5H2,1,3H3/t9-,10+,11+,12-,13-,15+/m0/s1. The van der Waals surface area contributed by atoms with E-state index < -0.39 is 17.6 Å². The predicted molar refractivity (Wildman–Crippen MR) is 69.1 cm³/mol. The van der Waals surface area contributed by atoms with Crippen LogP contribution in [0.3, 0.4) is 0 Å². The molecule has 6 atom stereocenters. The molecule has 104 valence electrons. The molecule has 0 spiro atoms. The van der Waals surface area contributed by atoms with Gasteiger partial charge in [0, 0.05) is 22.8 Å². The highest BCUT2D eigenvalue weighted by Crippen LogP contribution is 2.56. The van der Waals surface area contributed by atoms with E-state index in [1.54, 1.807) is 6.08 Å². The van der Waals surface area contributed by atoms with Crippen LogP contribution >= 0.6 is 0 Å². The Kier molecular flexibility index (Phi) is 2.67. The van der Waals surface area contributed by atoms with Crippen molar-refractivity contribution >= 4 is 5.97 Å². The summed E-state index contributed by atoms with van der Waals surface area (Å²) in [4.78, 5) is 11.7. The van der Waals surface area contributed by atoms with Crippen LogP contribution in [0.15, 0.2) is 23.8 Å². The normalized spacial score (nSPS) is 49.3. The fourth-order valence-corrected chi connectivity index (χ4v) is 4.23. The summed E-state index contributed by atoms with van der Waals surface area (Å²) in [6.07, 6.45) is 1.34. The van der Waals surface area contributed by atoms with Crippen LogP contribution in [0.2, 0.25) is 0 Å². The highest BCUT2D eigenvalue weighted by molar-refractivity contribution is 5.91. The molecule has 2 fully saturated rings. The minimum Gasteiger partial charge on any atom is -0.458 e. The van der Waals surface area contributed by atoms with Crippen LogP contribution in [0.4, 0.5) is 0 Å². The fourth-order valence-electron chi connectivity index (χ4n) is 4.23. The number of hydrogen-bond acceptors (Lipinski definition) is 4. The number of carbonyl (C=O) groups excluding carboxylic acids is 1. The summed E-state index contributed by atoms with van der Waals surface area (Å²) in [5, 5.41) is 20.3. The topological polar surface area (TPSA) is 66.8 Å². The second-order valence-electron chi connectivity index (χ2n) is 6.37. The van der Waals surface area contributed by atoms with Crippen molar-refractivity contribution in [3.63, 3.8) is 0 Å². The van der Waals surface area contributed by atoms with E-state index in [0.29, 0.717) is 5.57 Å². The molecule has 4 nitrogen and oxygen atoms in total. The lowest BCUT2D eigenvalue weighted by atomic mass is 9.55. The van der Waals surface area contributed by atoms with Gasteiger partial charge in [0.2, 0.25) is 0 Å². The quantitative estimate of drug-likeness (QED) is 0.392. The number of ether oxygens (including phenoxy) is 1. The fraction of sp³-hybridized carbons (Fsp3) is 0.667. The number of aliphatic hydroxyl groups is 2. The van der Waals surface area contributed by atoms with Crippen LogP contribution in [-0.4, -0.2) is 34.5 Å². The average Bonchev–Trinajstić information content (AvgIpc) is 2.62. The van der Waals surface area contributed by atoms with Gasteiger partial charge in [-0.05, 0) is 19.8 Å². The second kappa shape index (κ2) is 3.93. The summed E-state index contributed by atoms with van der Waals surface area (Å²) in [7, 11) is 0. The highest BCUT2D eigenvalue weighted by Gasteiger charge is 2.58. The largest absolute Gasteiger partial charge is 0.458 e. The molecule has 4 heteroatoms. The van der Waals surface area contributed by atoms with E-state index in [1.165, 1.54) is 0 Å². The smallest absolute Gasteiger partial charge is 0.334 e. The third kappa shape index (κ3) is 1.56. The number of esters is 1. The number of carbonyl (C=O) groups is 1. The van der Waals surface area contributed by atoms with Crippen molar-refractivity contribution in [1.82, 2.24) is 0 Å². The molecule has 0 aromatic rings. The van der Waals surface area contributed by atoms with Crippen molar-refractivity contribution in [2.24, 2.45) is 17.3 Å². The lowest BCUT2D eigenvalue weighted by molar-refractivity contribution is -0.154. The maximum absolute atomic E-state index is 11.7. The Balaban J connectivity index is 2.05. The number of rotatable bonds is 0. The molecule has 2 N–H and O–H groups in total. The van der Waals surface area contributed by atoms with Crippen molar-refractivity contribution in [2.75, 3.05) is 0 Å². The molecule has 19 heavy (non-hydrogen) atoms. The van der Waals surface area contributed by atoms with Crippen molar-refractivity contribution in [1.29, 1.82) is 0 Å². The molecule has 2 aliphatic carbocycles. The molecule has 1 aliphatic heterocycles. The summed E-state index contributed by atoms with van der Waals surface area (Å²) < 4.78 is 5.49. The van der Waals surface area contributed by atoms with Crippen molar-refractivity contribution in [3.8, 4) is 0 Å². The third-order valence-corrected chi connectivity index (χ3v) is 5.31. The zero-order valence-corrected chi connectivity index (χ0v) is 11.3. The van der Waals surface area contributed by atoms with E-state index in [9.17, 15) is 15.0 Å². The van der Waals surface area contributed by atoms with Gasteiger partial charge in [-0.2, -0.15) is 0 Å². The van der Waals surface area contributed by atoms with Gasteiger partial charge in [0.1, 0.15) is 6.10 Å². The first-order valence-corrected chi connectivity index (χ1v) is 6.80. The predicted octanol–water partition coefficient (Wildman–Crippen LogP) is 1.18. The van der Waals surface area contributed by atoms with Gasteiger partial charge in [0.15, 0.2) is 0 Å². The van der Waals surface area contributed by atoms with E-state index in [4.69, 9.17) is 4.74 Å². The van der Waals surface area contributed by atoms with Gasteiger partial charge in [-0.25, -0.2) is 4.79 Å². The average molecular weight is 264 g/mol. The zero-order valence-electron chi connectivity index (χ0n) is 11.3. The first-order chi connectivity index (χ1) is 8.86. The van der Waals surface area contributed by atoms with Crippen molar-refractivity contribution < 1.29 is 19.7 Å². The molecule has 3 rings (SSSR count). The lowest BCUT2D eigenvalue weighted by Gasteiger charge is -2.52. The van der Waals surface area contributed by atoms with E-state index in [1.807, 2.05) is 13.8 Å². The van der Waals surface area contributed by atoms with Crippen molar-refractivity contribution in [3.05, 3.63) is 23.8 Å². The summed E-state index contributed by atoms with van der Waals surface area (Å²) in [5.74, 6) is -0.295. The van der Waals surface area contributed by atoms with Crippen LogP contribution in [0.5, 0.6) is 0 Å². The molecule has 0 aromatic heterocycles. The SMILES string of the molecule is C=C1C(=O)O[C@@H]2[C@H]3C(C)=C[C@@H](O)[C@H](O)[C@]3(C)CC[C@@H]12. The van der Waals surface area contributed by atoms with Gasteiger partial charge in [-0.1, -0.05) is 25.2 Å². The van der Waals surface area contributed by atoms with E-state index in [0.717, 1.165) is 18.4 Å². The molecule has 0 amide bonds. The molecule has 1 heterocycles. The van der Waals surface area contributed by atoms with Gasteiger partial charge in [-0.3, -0.25) is 0 Å². The van der Waals surface area contributed by atoms with E-state index in [-0.39, 0.29) is 23.9 Å². The summed E-state index contributed by atoms with van der Waals surface area (Å²) in [6.45, 7) is 7.75. The molecule has 1 saturated carbocycles. The maximum Gasteiger partial charge on any atom is 0.334 e. The van der Waals surface area contributed by atoms with Crippen LogP contribution in [0.25, 0.3) is 0 Å². The Bertz CT molecular complexity index is 481. The Morgan fingerprint density at radius 3 is 2.84 bits per heavy atom. The number of aliphatic hydroxyl groups excluding tert-OH is 2. The minimum absolute atomic E-state index is 0.0344. The molecule has 0 aromatic carbocycles. The number of hydrogen-bond donors (Lipinski definition) is 2. The number of fused-ring (bicyclic) bond motifs is 3. The van der Waals surface area contributed by atoms with Crippen LogP contribution in [-0.2, 0) is 9.53 Å². The molecular weight excluding hydrogens is 244 g/mol. The van der Waals surface area contributed by atoms with Gasteiger partial charge >= 0.3 is 5.97 Å². The molecular formula is C15H20O4. The Morgan fingerprint density at radius 2 is 2.16 bits per heavy atom. The van der Waals surface area contributed by atoms with Gasteiger partial charge in [0.05, 0.1) is 12.2 Å². The zero-order chi connectivity index (χ0) is 13.9. The minimum atomic E-state index is -0.835. The molecule has 0 radical (unpaired) electrons. The van der Waals surface area contributed by atoms with Crippen LogP contribution < -0.4 is 0 Å². The van der Waals surface area contributed by atoms with Gasteiger partial charge < -0.3 is 14.9 Å². The maximum atomic E-state index is 11.7. The summed E-state index contributed by atoms with van der Waals surface area (Å²) in [5.41, 5.74) is 1.11. The molecule has 0 unspecified atom stereocenters. The first kappa shape index (κ1) is 12.9. The lowest BCUT2D eigenvalue weighted by Crippen LogP contribution is -2.56. The summed E-state index contributed by atoms with van der Waals surface area (Å²) in [6, 6.07) is 0. The monoisotopic (exact) mass is 264 g/mol. The van der Waals surface area contributed by atoms with Gasteiger partial charge in [0.25, 0.3) is 0 Å². The van der Waals surface area contributed by atoms with Gasteiger partial charge in [-0.15, -0.1) is 0 Å². The highest BCUT2D eigenvalue weighted by atomic mass is 16.6. The van der Waals surface area contributed by atoms with Crippen LogP contribution in [0, 0.1) is 17.3 Å². The Labute approximate surface area is 112 Å². The Hall–Kier alpha value is -1.13. The van der Waals surface area contributed by atoms with Crippen molar-refractivity contribution in [2.45, 2.75) is 45.0 Å². The summed E-state index contributed by atoms with van der Waals surface area (Å²) >= 11 is 0. The van der Waals surface area contributed by atoms with Crippen LogP contribution in [0.1, 0.15) is 26.7 Å². The first-order valence-electron chi connectivity index (χ1n) is 6.80.